The minimum absolute atomic E-state index is 0.0217. The first-order chi connectivity index (χ1) is 27.2. The summed E-state index contributed by atoms with van der Waals surface area (Å²) >= 11 is 6.17. The number of piperazine rings is 1. The van der Waals surface area contributed by atoms with Crippen molar-refractivity contribution in [2.75, 3.05) is 77.1 Å². The molecule has 4 heterocycles. The number of amides is 4. The van der Waals surface area contributed by atoms with E-state index in [1.165, 1.54) is 15.9 Å². The molecule has 13 nitrogen and oxygen atoms in total. The maximum Gasteiger partial charge on any atom is 0.418 e. The molecule has 4 aliphatic heterocycles. The van der Waals surface area contributed by atoms with Crippen LogP contribution in [0.1, 0.15) is 62.1 Å². The van der Waals surface area contributed by atoms with Crippen LogP contribution < -0.4 is 11.1 Å². The number of anilines is 2. The topological polar surface area (TPSA) is 141 Å². The van der Waals surface area contributed by atoms with Gasteiger partial charge in [-0.15, -0.1) is 0 Å². The SMILES string of the molecule is CCCCOC(=O)[C@@H]1CN(C2CCN(C)CC2)CCN1C(=O)[C@@H](Cc1cc(Cl)c(N)c(C(F)(F)F)c1)OC(=O)N1CCC(N2CCc3ccccc3NC2=O)CC1. The Morgan fingerprint density at radius 3 is 2.39 bits per heavy atom. The Balaban J connectivity index is 1.20. The molecule has 3 fully saturated rings. The van der Waals surface area contributed by atoms with Crippen LogP contribution in [0.4, 0.5) is 34.1 Å². The maximum atomic E-state index is 14.6. The molecule has 312 valence electrons. The fourth-order valence-electron chi connectivity index (χ4n) is 8.27. The van der Waals surface area contributed by atoms with E-state index in [1.54, 1.807) is 4.90 Å². The molecule has 2 atom stereocenters. The van der Waals surface area contributed by atoms with Gasteiger partial charge in [-0.2, -0.15) is 13.2 Å². The Morgan fingerprint density at radius 1 is 0.982 bits per heavy atom. The van der Waals surface area contributed by atoms with Crippen molar-refractivity contribution in [2.45, 2.75) is 88.7 Å². The first-order valence-corrected chi connectivity index (χ1v) is 20.3. The molecule has 57 heavy (non-hydrogen) atoms. The second kappa shape index (κ2) is 18.5. The molecule has 0 unspecified atom stereocenters. The van der Waals surface area contributed by atoms with Gasteiger partial charge < -0.3 is 40.1 Å². The van der Waals surface area contributed by atoms with E-state index in [4.69, 9.17) is 26.8 Å². The van der Waals surface area contributed by atoms with Crippen LogP contribution in [0.25, 0.3) is 0 Å². The Labute approximate surface area is 336 Å². The van der Waals surface area contributed by atoms with Gasteiger partial charge >= 0.3 is 24.3 Å². The summed E-state index contributed by atoms with van der Waals surface area (Å²) < 4.78 is 53.6. The van der Waals surface area contributed by atoms with Gasteiger partial charge in [0.05, 0.1) is 22.9 Å². The molecule has 4 amide bonds. The third-order valence-corrected chi connectivity index (χ3v) is 12.0. The largest absolute Gasteiger partial charge is 0.464 e. The zero-order chi connectivity index (χ0) is 40.9. The molecule has 0 radical (unpaired) electrons. The second-order valence-corrected chi connectivity index (χ2v) is 15.9. The number of fused-ring (bicyclic) bond motifs is 1. The van der Waals surface area contributed by atoms with Crippen LogP contribution in [-0.2, 0) is 38.1 Å². The lowest BCUT2D eigenvalue weighted by atomic mass is 9.99. The number of hydrogen-bond donors (Lipinski definition) is 2. The number of carbonyl (C=O) groups is 4. The van der Waals surface area contributed by atoms with Crippen LogP contribution >= 0.6 is 11.6 Å². The fraction of sp³-hybridized carbons (Fsp3) is 0.600. The van der Waals surface area contributed by atoms with E-state index >= 15 is 0 Å². The van der Waals surface area contributed by atoms with E-state index in [1.807, 2.05) is 31.2 Å². The second-order valence-electron chi connectivity index (χ2n) is 15.5. The molecule has 0 spiro atoms. The lowest BCUT2D eigenvalue weighted by Gasteiger charge is -2.45. The number of rotatable bonds is 10. The molecule has 2 aromatic carbocycles. The highest BCUT2D eigenvalue weighted by Crippen LogP contribution is 2.38. The number of nitrogen functional groups attached to an aromatic ring is 1. The quantitative estimate of drug-likeness (QED) is 0.181. The number of urea groups is 1. The Kier molecular flexibility index (Phi) is 13.8. The molecule has 0 aliphatic carbocycles. The molecule has 0 bridgehead atoms. The van der Waals surface area contributed by atoms with Crippen molar-refractivity contribution in [3.63, 3.8) is 0 Å². The third kappa shape index (κ3) is 10.2. The first kappa shape index (κ1) is 42.3. The van der Waals surface area contributed by atoms with Crippen LogP contribution in [0, 0.1) is 0 Å². The monoisotopic (exact) mass is 819 g/mol. The highest BCUT2D eigenvalue weighted by Gasteiger charge is 2.43. The molecule has 3 saturated heterocycles. The fourth-order valence-corrected chi connectivity index (χ4v) is 8.52. The molecular weight excluding hydrogens is 767 g/mol. The Morgan fingerprint density at radius 2 is 1.68 bits per heavy atom. The van der Waals surface area contributed by atoms with Gasteiger partial charge in [0, 0.05) is 63.5 Å². The lowest BCUT2D eigenvalue weighted by molar-refractivity contribution is -0.163. The number of halogens is 4. The summed E-state index contributed by atoms with van der Waals surface area (Å²) in [6, 6.07) is 8.47. The smallest absolute Gasteiger partial charge is 0.418 e. The van der Waals surface area contributed by atoms with E-state index in [9.17, 15) is 32.3 Å². The number of esters is 1. The average Bonchev–Trinajstić information content (AvgIpc) is 3.36. The van der Waals surface area contributed by atoms with E-state index in [0.717, 1.165) is 49.7 Å². The van der Waals surface area contributed by atoms with Crippen molar-refractivity contribution in [1.82, 2.24) is 24.5 Å². The molecule has 17 heteroatoms. The van der Waals surface area contributed by atoms with Gasteiger partial charge in [-0.05, 0) is 88.0 Å². The number of carbonyl (C=O) groups excluding carboxylic acids is 4. The number of alkyl halides is 3. The number of piperidine rings is 2. The Bertz CT molecular complexity index is 1770. The summed E-state index contributed by atoms with van der Waals surface area (Å²) in [5.41, 5.74) is 5.66. The van der Waals surface area contributed by atoms with Gasteiger partial charge in [0.1, 0.15) is 6.04 Å². The van der Waals surface area contributed by atoms with Crippen molar-refractivity contribution in [2.24, 2.45) is 0 Å². The molecule has 3 N–H and O–H groups in total. The predicted octanol–water partition coefficient (Wildman–Crippen LogP) is 5.49. The molecular formula is C40H53ClF3N7O6. The number of para-hydroxylation sites is 1. The molecule has 4 aliphatic rings. The minimum Gasteiger partial charge on any atom is -0.464 e. The number of nitrogens with one attached hydrogen (secondary N) is 1. The summed E-state index contributed by atoms with van der Waals surface area (Å²) in [5.74, 6) is -1.31. The number of hydrogen-bond acceptors (Lipinski definition) is 9. The van der Waals surface area contributed by atoms with Gasteiger partial charge in [-0.25, -0.2) is 14.4 Å². The van der Waals surface area contributed by atoms with Crippen molar-refractivity contribution in [1.29, 1.82) is 0 Å². The van der Waals surface area contributed by atoms with Gasteiger partial charge in [-0.1, -0.05) is 43.1 Å². The van der Waals surface area contributed by atoms with Crippen molar-refractivity contribution < 1.29 is 41.8 Å². The van der Waals surface area contributed by atoms with Crippen LogP contribution in [0.15, 0.2) is 36.4 Å². The number of nitrogens with two attached hydrogens (primary N) is 1. The summed E-state index contributed by atoms with van der Waals surface area (Å²) in [7, 11) is 2.06. The molecule has 6 rings (SSSR count). The maximum absolute atomic E-state index is 14.6. The van der Waals surface area contributed by atoms with Crippen molar-refractivity contribution in [3.05, 3.63) is 58.1 Å². The van der Waals surface area contributed by atoms with E-state index in [0.29, 0.717) is 38.8 Å². The number of ether oxygens (including phenoxy) is 2. The summed E-state index contributed by atoms with van der Waals surface area (Å²) in [5, 5.41) is 2.62. The predicted molar refractivity (Wildman–Crippen MR) is 209 cm³/mol. The molecule has 2 aromatic rings. The Hall–Kier alpha value is -4.28. The highest BCUT2D eigenvalue weighted by atomic mass is 35.5. The highest BCUT2D eigenvalue weighted by molar-refractivity contribution is 6.33. The standard InChI is InChI=1S/C40H53ClF3N7O6/c1-3-4-21-56-37(53)33-25-49(28-10-14-47(2)15-11-28)19-20-51(33)36(52)34(24-26-22-30(40(42,43)44)35(45)31(41)23-26)57-39(55)48-16-12-29(13-17-48)50-18-9-27-7-5-6-8-32(27)46-38(50)54/h5-8,22-23,28-29,33-34H,3-4,9-21,24-25,45H2,1-2H3,(H,46,54)/t33-,34+/m0/s1. The first-order valence-electron chi connectivity index (χ1n) is 19.9. The van der Waals surface area contributed by atoms with Crippen molar-refractivity contribution in [3.8, 4) is 0 Å². The van der Waals surface area contributed by atoms with Crippen LogP contribution in [-0.4, -0.2) is 139 Å². The van der Waals surface area contributed by atoms with E-state index in [2.05, 4.69) is 22.2 Å². The van der Waals surface area contributed by atoms with Crippen molar-refractivity contribution >= 4 is 47.0 Å². The average molecular weight is 820 g/mol. The molecule has 0 aromatic heterocycles. The van der Waals surface area contributed by atoms with E-state index < -0.39 is 54.0 Å². The van der Waals surface area contributed by atoms with Gasteiger partial charge in [0.2, 0.25) is 0 Å². The van der Waals surface area contributed by atoms with Crippen LogP contribution in [0.2, 0.25) is 5.02 Å². The zero-order valence-corrected chi connectivity index (χ0v) is 33.3. The van der Waals surface area contributed by atoms with Gasteiger partial charge in [0.25, 0.3) is 5.91 Å². The third-order valence-electron chi connectivity index (χ3n) is 11.7. The number of unbranched alkanes of at least 4 members (excludes halogenated alkanes) is 1. The van der Waals surface area contributed by atoms with E-state index in [-0.39, 0.29) is 61.5 Å². The summed E-state index contributed by atoms with van der Waals surface area (Å²) in [6.45, 7) is 5.65. The summed E-state index contributed by atoms with van der Waals surface area (Å²) in [6.07, 6.45) is -2.93. The van der Waals surface area contributed by atoms with Gasteiger partial charge in [-0.3, -0.25) is 9.69 Å². The zero-order valence-electron chi connectivity index (χ0n) is 32.6. The number of likely N-dealkylation sites (tertiary alicyclic amines) is 2. The summed E-state index contributed by atoms with van der Waals surface area (Å²) in [4.78, 5) is 64.3. The number of benzene rings is 2. The number of nitrogens with zero attached hydrogens (tertiary/aromatic N) is 5. The lowest BCUT2D eigenvalue weighted by Crippen LogP contribution is -2.63. The van der Waals surface area contributed by atoms with Gasteiger partial charge in [0.15, 0.2) is 6.10 Å². The molecule has 0 saturated carbocycles. The minimum atomic E-state index is -4.84. The van der Waals surface area contributed by atoms with Crippen LogP contribution in [0.3, 0.4) is 0 Å². The van der Waals surface area contributed by atoms with Crippen LogP contribution in [0.5, 0.6) is 0 Å². The normalized spacial score (nSPS) is 21.1.